The van der Waals surface area contributed by atoms with Gasteiger partial charge in [-0.3, -0.25) is 9.69 Å². The van der Waals surface area contributed by atoms with Gasteiger partial charge in [0.25, 0.3) is 0 Å². The van der Waals surface area contributed by atoms with E-state index in [1.165, 1.54) is 11.3 Å². The molecule has 4 nitrogen and oxygen atoms in total. The molecule has 3 rings (SSSR count). The van der Waals surface area contributed by atoms with Gasteiger partial charge in [-0.2, -0.15) is 0 Å². The lowest BCUT2D eigenvalue weighted by atomic mass is 9.95. The maximum atomic E-state index is 11.8. The molecule has 2 aromatic rings. The minimum absolute atomic E-state index is 0.257. The zero-order chi connectivity index (χ0) is 18.0. The van der Waals surface area contributed by atoms with Crippen molar-refractivity contribution in [1.29, 1.82) is 0 Å². The highest BCUT2D eigenvalue weighted by molar-refractivity contribution is 7.16. The molecule has 0 radical (unpaired) electrons. The Morgan fingerprint density at radius 1 is 1.32 bits per heavy atom. The topological polar surface area (TPSA) is 49.8 Å². The average molecular weight is 400 g/mol. The Hall–Kier alpha value is -1.27. The first-order valence-corrected chi connectivity index (χ1v) is 9.65. The summed E-state index contributed by atoms with van der Waals surface area (Å²) in [5.74, 6) is -0.109. The standard InChI is InChI=1S/C18H19Cl2NO3S/c1-24-14-6-5-11(19)10-12(14)17(15-7-8-16(20)25-15)21-9-3-2-4-13(21)18(22)23/h5-8,10,13,17H,2-4,9H2,1H3,(H,22,23). The van der Waals surface area contributed by atoms with Crippen LogP contribution in [0.2, 0.25) is 9.36 Å². The molecule has 1 N–H and O–H groups in total. The predicted molar refractivity (Wildman–Crippen MR) is 101 cm³/mol. The van der Waals surface area contributed by atoms with Gasteiger partial charge in [0.1, 0.15) is 11.8 Å². The van der Waals surface area contributed by atoms with E-state index in [0.29, 0.717) is 28.1 Å². The maximum absolute atomic E-state index is 11.8. The third-order valence-corrected chi connectivity index (χ3v) is 6.03. The third-order valence-electron chi connectivity index (χ3n) is 4.51. The van der Waals surface area contributed by atoms with Crippen LogP contribution in [0.5, 0.6) is 5.75 Å². The zero-order valence-electron chi connectivity index (χ0n) is 13.7. The summed E-state index contributed by atoms with van der Waals surface area (Å²) in [6.45, 7) is 0.701. The third kappa shape index (κ3) is 3.95. The largest absolute Gasteiger partial charge is 0.496 e. The van der Waals surface area contributed by atoms with Gasteiger partial charge < -0.3 is 9.84 Å². The fourth-order valence-corrected chi connectivity index (χ4v) is 4.80. The Morgan fingerprint density at radius 2 is 2.12 bits per heavy atom. The molecule has 1 aliphatic heterocycles. The van der Waals surface area contributed by atoms with Crippen LogP contribution in [0, 0.1) is 0 Å². The van der Waals surface area contributed by atoms with E-state index in [1.54, 1.807) is 13.2 Å². The number of carbonyl (C=O) groups is 1. The average Bonchev–Trinajstić information content (AvgIpc) is 3.02. The van der Waals surface area contributed by atoms with Gasteiger partial charge >= 0.3 is 5.97 Å². The summed E-state index contributed by atoms with van der Waals surface area (Å²) in [6, 6.07) is 8.44. The monoisotopic (exact) mass is 399 g/mol. The Kier molecular flexibility index (Phi) is 5.89. The molecule has 2 atom stereocenters. The van der Waals surface area contributed by atoms with Gasteiger partial charge in [-0.25, -0.2) is 0 Å². The van der Waals surface area contributed by atoms with Gasteiger partial charge in [0.15, 0.2) is 0 Å². The number of thiophene rings is 1. The summed E-state index contributed by atoms with van der Waals surface area (Å²) in [6.07, 6.45) is 2.51. The highest BCUT2D eigenvalue weighted by atomic mass is 35.5. The van der Waals surface area contributed by atoms with E-state index >= 15 is 0 Å². The lowest BCUT2D eigenvalue weighted by Crippen LogP contribution is -2.46. The van der Waals surface area contributed by atoms with Crippen LogP contribution in [-0.4, -0.2) is 35.7 Å². The van der Waals surface area contributed by atoms with E-state index in [4.69, 9.17) is 27.9 Å². The second kappa shape index (κ2) is 7.96. The van der Waals surface area contributed by atoms with Gasteiger partial charge in [-0.1, -0.05) is 29.6 Å². The summed E-state index contributed by atoms with van der Waals surface area (Å²) in [5, 5.41) is 10.3. The Bertz CT molecular complexity index is 765. The highest BCUT2D eigenvalue weighted by Crippen LogP contribution is 2.42. The first-order valence-electron chi connectivity index (χ1n) is 8.08. The molecule has 134 valence electrons. The molecule has 1 aliphatic rings. The van der Waals surface area contributed by atoms with Gasteiger partial charge in [0.2, 0.25) is 0 Å². The normalized spacial score (nSPS) is 19.6. The van der Waals surface area contributed by atoms with Crippen LogP contribution in [-0.2, 0) is 4.79 Å². The summed E-state index contributed by atoms with van der Waals surface area (Å²) in [5.41, 5.74) is 0.863. The second-order valence-electron chi connectivity index (χ2n) is 6.02. The van der Waals surface area contributed by atoms with Crippen LogP contribution in [0.4, 0.5) is 0 Å². The lowest BCUT2D eigenvalue weighted by molar-refractivity contribution is -0.145. The molecular formula is C18H19Cl2NO3S. The van der Waals surface area contributed by atoms with E-state index in [1.807, 2.05) is 29.2 Å². The minimum Gasteiger partial charge on any atom is -0.496 e. The van der Waals surface area contributed by atoms with Crippen molar-refractivity contribution >= 4 is 40.5 Å². The van der Waals surface area contributed by atoms with Crippen molar-refractivity contribution in [2.24, 2.45) is 0 Å². The summed E-state index contributed by atoms with van der Waals surface area (Å²) >= 11 is 13.9. The molecule has 2 heterocycles. The molecule has 25 heavy (non-hydrogen) atoms. The van der Waals surface area contributed by atoms with E-state index in [-0.39, 0.29) is 6.04 Å². The SMILES string of the molecule is COc1ccc(Cl)cc1C(c1ccc(Cl)s1)N1CCCCC1C(=O)O. The highest BCUT2D eigenvalue weighted by Gasteiger charge is 2.37. The van der Waals surface area contributed by atoms with E-state index < -0.39 is 12.0 Å². The summed E-state index contributed by atoms with van der Waals surface area (Å²) in [4.78, 5) is 14.9. The fraction of sp³-hybridized carbons (Fsp3) is 0.389. The maximum Gasteiger partial charge on any atom is 0.320 e. The first kappa shape index (κ1) is 18.5. The number of ether oxygens (including phenoxy) is 1. The van der Waals surface area contributed by atoms with E-state index in [9.17, 15) is 9.90 Å². The fourth-order valence-electron chi connectivity index (χ4n) is 3.42. The second-order valence-corrected chi connectivity index (χ2v) is 8.20. The van der Waals surface area contributed by atoms with Crippen molar-refractivity contribution < 1.29 is 14.6 Å². The number of carboxylic acid groups (broad SMARTS) is 1. The molecular weight excluding hydrogens is 381 g/mol. The van der Waals surface area contributed by atoms with Crippen LogP contribution >= 0.6 is 34.5 Å². The number of piperidine rings is 1. The van der Waals surface area contributed by atoms with Crippen molar-refractivity contribution in [3.63, 3.8) is 0 Å². The summed E-state index contributed by atoms with van der Waals surface area (Å²) < 4.78 is 6.21. The molecule has 2 unspecified atom stereocenters. The molecule has 1 fully saturated rings. The molecule has 0 spiro atoms. The van der Waals surface area contributed by atoms with Crippen LogP contribution in [0.25, 0.3) is 0 Å². The van der Waals surface area contributed by atoms with Gasteiger partial charge in [-0.15, -0.1) is 11.3 Å². The number of likely N-dealkylation sites (tertiary alicyclic amines) is 1. The Morgan fingerprint density at radius 3 is 2.76 bits per heavy atom. The smallest absolute Gasteiger partial charge is 0.320 e. The Balaban J connectivity index is 2.13. The zero-order valence-corrected chi connectivity index (χ0v) is 16.1. The quantitative estimate of drug-likeness (QED) is 0.760. The van der Waals surface area contributed by atoms with E-state index in [0.717, 1.165) is 23.3 Å². The van der Waals surface area contributed by atoms with Crippen LogP contribution < -0.4 is 4.74 Å². The number of methoxy groups -OCH3 is 1. The number of hydrogen-bond acceptors (Lipinski definition) is 4. The molecule has 0 saturated carbocycles. The minimum atomic E-state index is -0.798. The molecule has 7 heteroatoms. The molecule has 1 aromatic heterocycles. The van der Waals surface area contributed by atoms with Crippen molar-refractivity contribution in [3.05, 3.63) is 50.1 Å². The van der Waals surface area contributed by atoms with Crippen molar-refractivity contribution in [2.45, 2.75) is 31.3 Å². The lowest BCUT2D eigenvalue weighted by Gasteiger charge is -2.39. The number of rotatable bonds is 5. The van der Waals surface area contributed by atoms with Crippen LogP contribution in [0.1, 0.15) is 35.7 Å². The predicted octanol–water partition coefficient (Wildman–Crippen LogP) is 5.09. The number of carboxylic acids is 1. The number of nitrogens with zero attached hydrogens (tertiary/aromatic N) is 1. The van der Waals surface area contributed by atoms with Crippen molar-refractivity contribution in [2.75, 3.05) is 13.7 Å². The molecule has 0 aliphatic carbocycles. The van der Waals surface area contributed by atoms with Gasteiger partial charge in [0, 0.05) is 15.5 Å². The molecule has 0 amide bonds. The number of aliphatic carboxylic acids is 1. The van der Waals surface area contributed by atoms with Gasteiger partial charge in [-0.05, 0) is 49.7 Å². The number of hydrogen-bond donors (Lipinski definition) is 1. The Labute approximate surface area is 160 Å². The van der Waals surface area contributed by atoms with Crippen LogP contribution in [0.15, 0.2) is 30.3 Å². The van der Waals surface area contributed by atoms with Gasteiger partial charge in [0.05, 0.1) is 17.5 Å². The number of benzene rings is 1. The van der Waals surface area contributed by atoms with Crippen LogP contribution in [0.3, 0.4) is 0 Å². The molecule has 1 aromatic carbocycles. The summed E-state index contributed by atoms with van der Waals surface area (Å²) in [7, 11) is 1.61. The first-order chi connectivity index (χ1) is 12.0. The van der Waals surface area contributed by atoms with Crippen molar-refractivity contribution in [3.8, 4) is 5.75 Å². The number of halogens is 2. The van der Waals surface area contributed by atoms with E-state index in [2.05, 4.69) is 0 Å². The molecule has 0 bridgehead atoms. The molecule has 1 saturated heterocycles. The van der Waals surface area contributed by atoms with Crippen molar-refractivity contribution in [1.82, 2.24) is 4.90 Å².